The summed E-state index contributed by atoms with van der Waals surface area (Å²) < 4.78 is 52.0. The van der Waals surface area contributed by atoms with Gasteiger partial charge in [0.25, 0.3) is 0 Å². The van der Waals surface area contributed by atoms with Crippen LogP contribution in [0, 0.1) is 6.92 Å². The number of nitrogens with one attached hydrogen (secondary N) is 2. The lowest BCUT2D eigenvalue weighted by atomic mass is 10.1. The van der Waals surface area contributed by atoms with Gasteiger partial charge in [0.1, 0.15) is 12.1 Å². The van der Waals surface area contributed by atoms with E-state index in [0.717, 1.165) is 16.7 Å². The Kier molecular flexibility index (Phi) is 9.49. The van der Waals surface area contributed by atoms with Crippen LogP contribution in [-0.4, -0.2) is 49.0 Å². The van der Waals surface area contributed by atoms with Gasteiger partial charge in [-0.05, 0) is 60.5 Å². The highest BCUT2D eigenvalue weighted by Gasteiger charge is 2.32. The first-order valence-corrected chi connectivity index (χ1v) is 14.2. The summed E-state index contributed by atoms with van der Waals surface area (Å²) in [6.45, 7) is 2.41. The standard InChI is InChI=1S/C29H27F3N6O5S/c1-18-3-6-20(15-41-2)24(13-18)38-25(39)16-44-28(38)35-26(40)34-21-7-4-19(5-8-21)14-42-27-33-17-37(36-27)22-9-11-23(12-10-22)43-29(30,31)32/h3-13,17,27,36H,14-16H2,1-2H3,(H,34,40)/b35-28-. The third-order valence-corrected chi connectivity index (χ3v) is 7.20. The maximum absolute atomic E-state index is 12.8. The summed E-state index contributed by atoms with van der Waals surface area (Å²) in [6.07, 6.45) is -4.02. The van der Waals surface area contributed by atoms with Crippen molar-refractivity contribution in [2.45, 2.75) is 32.9 Å². The van der Waals surface area contributed by atoms with Crippen LogP contribution in [0.4, 0.5) is 35.0 Å². The number of urea groups is 1. The third-order valence-electron chi connectivity index (χ3n) is 6.27. The quantitative estimate of drug-likeness (QED) is 0.317. The summed E-state index contributed by atoms with van der Waals surface area (Å²) in [4.78, 5) is 35.3. The molecule has 0 aliphatic carbocycles. The van der Waals surface area contributed by atoms with Crippen molar-refractivity contribution >= 4 is 52.3 Å². The summed E-state index contributed by atoms with van der Waals surface area (Å²) >= 11 is 1.19. The second kappa shape index (κ2) is 13.5. The van der Waals surface area contributed by atoms with E-state index in [4.69, 9.17) is 9.47 Å². The number of aliphatic imine (C=N–C) groups is 2. The highest BCUT2D eigenvalue weighted by Crippen LogP contribution is 2.31. The number of carbonyl (C=O) groups is 2. The number of hydrazine groups is 1. The number of amidine groups is 1. The van der Waals surface area contributed by atoms with E-state index in [1.165, 1.54) is 52.3 Å². The average molecular weight is 629 g/mol. The number of hydrogen-bond donors (Lipinski definition) is 2. The number of thioether (sulfide) groups is 1. The Balaban J connectivity index is 1.13. The molecule has 230 valence electrons. The predicted octanol–water partition coefficient (Wildman–Crippen LogP) is 5.56. The number of amides is 3. The number of nitrogens with zero attached hydrogens (tertiary/aromatic N) is 4. The molecule has 2 aliphatic rings. The number of alkyl halides is 3. The first-order chi connectivity index (χ1) is 21.1. The molecule has 3 aromatic carbocycles. The molecule has 0 aromatic heterocycles. The lowest BCUT2D eigenvalue weighted by Gasteiger charge is -2.20. The average Bonchev–Trinajstić information content (AvgIpc) is 3.60. The highest BCUT2D eigenvalue weighted by molar-refractivity contribution is 8.15. The highest BCUT2D eigenvalue weighted by atomic mass is 32.2. The fraction of sp³-hybridized carbons (Fsp3) is 0.241. The normalized spacial score (nSPS) is 17.5. The number of ether oxygens (including phenoxy) is 3. The zero-order valence-electron chi connectivity index (χ0n) is 23.5. The van der Waals surface area contributed by atoms with E-state index < -0.39 is 18.7 Å². The molecule has 3 aromatic rings. The molecule has 44 heavy (non-hydrogen) atoms. The number of rotatable bonds is 9. The van der Waals surface area contributed by atoms with E-state index in [1.54, 1.807) is 31.4 Å². The zero-order chi connectivity index (χ0) is 31.3. The fourth-order valence-corrected chi connectivity index (χ4v) is 5.14. The zero-order valence-corrected chi connectivity index (χ0v) is 24.3. The summed E-state index contributed by atoms with van der Waals surface area (Å²) in [7, 11) is 1.57. The SMILES string of the molecule is COCc1ccc(C)cc1N1C(=O)CS/C1=N\C(=O)Nc1ccc(COC2N=CN(c3ccc(OC(F)(F)F)cc3)N2)cc1. The summed E-state index contributed by atoms with van der Waals surface area (Å²) in [5.74, 6) is -0.334. The van der Waals surface area contributed by atoms with Crippen molar-refractivity contribution in [1.29, 1.82) is 0 Å². The topological polar surface area (TPSA) is 117 Å². The Bertz CT molecular complexity index is 1570. The molecule has 0 saturated carbocycles. The number of benzene rings is 3. The predicted molar refractivity (Wildman–Crippen MR) is 161 cm³/mol. The van der Waals surface area contributed by atoms with Crippen molar-refractivity contribution in [1.82, 2.24) is 5.43 Å². The number of methoxy groups -OCH3 is 1. The van der Waals surface area contributed by atoms with Crippen LogP contribution in [0.25, 0.3) is 0 Å². The van der Waals surface area contributed by atoms with Gasteiger partial charge in [-0.1, -0.05) is 36.0 Å². The maximum atomic E-state index is 12.8. The van der Waals surface area contributed by atoms with Crippen LogP contribution < -0.4 is 25.4 Å². The summed E-state index contributed by atoms with van der Waals surface area (Å²) in [5, 5.41) is 4.51. The lowest BCUT2D eigenvalue weighted by Crippen LogP contribution is -2.38. The van der Waals surface area contributed by atoms with E-state index in [9.17, 15) is 22.8 Å². The number of carbonyl (C=O) groups excluding carboxylic acids is 2. The van der Waals surface area contributed by atoms with Gasteiger partial charge in [-0.3, -0.25) is 14.7 Å². The van der Waals surface area contributed by atoms with Crippen LogP contribution in [0.2, 0.25) is 0 Å². The molecule has 2 heterocycles. The van der Waals surface area contributed by atoms with Gasteiger partial charge >= 0.3 is 12.4 Å². The molecule has 1 unspecified atom stereocenters. The first-order valence-electron chi connectivity index (χ1n) is 13.2. The van der Waals surface area contributed by atoms with E-state index in [0.29, 0.717) is 23.7 Å². The number of anilines is 3. The van der Waals surface area contributed by atoms with E-state index >= 15 is 0 Å². The second-order valence-electron chi connectivity index (χ2n) is 9.57. The molecule has 11 nitrogen and oxygen atoms in total. The molecule has 5 rings (SSSR count). The van der Waals surface area contributed by atoms with Crippen LogP contribution in [-0.2, 0) is 27.5 Å². The molecule has 1 fully saturated rings. The van der Waals surface area contributed by atoms with Gasteiger partial charge in [0.2, 0.25) is 12.3 Å². The van der Waals surface area contributed by atoms with Crippen LogP contribution in [0.5, 0.6) is 5.75 Å². The monoisotopic (exact) mass is 628 g/mol. The second-order valence-corrected chi connectivity index (χ2v) is 10.5. The Hall–Kier alpha value is -4.44. The molecule has 3 amide bonds. The maximum Gasteiger partial charge on any atom is 0.573 e. The van der Waals surface area contributed by atoms with Crippen LogP contribution >= 0.6 is 11.8 Å². The lowest BCUT2D eigenvalue weighted by molar-refractivity contribution is -0.274. The van der Waals surface area contributed by atoms with E-state index in [-0.39, 0.29) is 29.2 Å². The fourth-order valence-electron chi connectivity index (χ4n) is 4.28. The van der Waals surface area contributed by atoms with Crippen molar-refractivity contribution in [3.05, 3.63) is 83.4 Å². The van der Waals surface area contributed by atoms with Crippen molar-refractivity contribution < 1.29 is 37.0 Å². The van der Waals surface area contributed by atoms with Crippen molar-refractivity contribution in [3.63, 3.8) is 0 Å². The van der Waals surface area contributed by atoms with E-state index in [2.05, 4.69) is 25.5 Å². The smallest absolute Gasteiger partial charge is 0.406 e. The van der Waals surface area contributed by atoms with Gasteiger partial charge in [-0.2, -0.15) is 10.4 Å². The molecule has 2 N–H and O–H groups in total. The van der Waals surface area contributed by atoms with Gasteiger partial charge in [-0.15, -0.1) is 13.2 Å². The number of hydrogen-bond acceptors (Lipinski definition) is 9. The minimum Gasteiger partial charge on any atom is -0.406 e. The van der Waals surface area contributed by atoms with Crippen molar-refractivity contribution in [3.8, 4) is 5.75 Å². The largest absolute Gasteiger partial charge is 0.573 e. The molecular weight excluding hydrogens is 601 g/mol. The Morgan fingerprint density at radius 2 is 1.86 bits per heavy atom. The van der Waals surface area contributed by atoms with Crippen molar-refractivity contribution in [2.24, 2.45) is 9.98 Å². The van der Waals surface area contributed by atoms with Gasteiger partial charge in [0.15, 0.2) is 5.17 Å². The molecule has 15 heteroatoms. The Morgan fingerprint density at radius 3 is 2.57 bits per heavy atom. The van der Waals surface area contributed by atoms with Gasteiger partial charge in [0, 0.05) is 18.4 Å². The van der Waals surface area contributed by atoms with Gasteiger partial charge < -0.3 is 19.5 Å². The van der Waals surface area contributed by atoms with Gasteiger partial charge in [0.05, 0.1) is 30.3 Å². The van der Waals surface area contributed by atoms with Crippen LogP contribution in [0.15, 0.2) is 76.7 Å². The third kappa shape index (κ3) is 7.93. The Morgan fingerprint density at radius 1 is 1.11 bits per heavy atom. The molecule has 0 radical (unpaired) electrons. The molecule has 2 aliphatic heterocycles. The van der Waals surface area contributed by atoms with Crippen LogP contribution in [0.1, 0.15) is 16.7 Å². The number of aryl methyl sites for hydroxylation is 1. The van der Waals surface area contributed by atoms with Crippen LogP contribution in [0.3, 0.4) is 0 Å². The van der Waals surface area contributed by atoms with Crippen molar-refractivity contribution in [2.75, 3.05) is 28.1 Å². The first kappa shape index (κ1) is 31.0. The molecule has 1 atom stereocenters. The molecule has 1 saturated heterocycles. The Labute approximate surface area is 254 Å². The minimum atomic E-state index is -4.76. The van der Waals surface area contributed by atoms with Gasteiger partial charge in [-0.25, -0.2) is 9.79 Å². The van der Waals surface area contributed by atoms with E-state index in [1.807, 2.05) is 25.1 Å². The number of halogens is 3. The summed E-state index contributed by atoms with van der Waals surface area (Å²) in [5.41, 5.74) is 7.20. The molecule has 0 bridgehead atoms. The molecule has 0 spiro atoms. The molecular formula is C29H27F3N6O5S. The minimum absolute atomic E-state index is 0.169. The summed E-state index contributed by atoms with van der Waals surface area (Å²) in [6, 6.07) is 17.3.